The van der Waals surface area contributed by atoms with Gasteiger partial charge in [-0.3, -0.25) is 4.79 Å². The highest BCUT2D eigenvalue weighted by Gasteiger charge is 2.31. The summed E-state index contributed by atoms with van der Waals surface area (Å²) >= 11 is 0. The van der Waals surface area contributed by atoms with Crippen LogP contribution in [-0.4, -0.2) is 44.2 Å². The van der Waals surface area contributed by atoms with Crippen LogP contribution in [0.1, 0.15) is 42.6 Å². The van der Waals surface area contributed by atoms with Crippen molar-refractivity contribution in [2.24, 2.45) is 13.0 Å². The van der Waals surface area contributed by atoms with Gasteiger partial charge in [0.1, 0.15) is 5.82 Å². The van der Waals surface area contributed by atoms with Gasteiger partial charge in [-0.2, -0.15) is 0 Å². The molecule has 8 heteroatoms. The Bertz CT molecular complexity index is 1180. The van der Waals surface area contributed by atoms with Crippen LogP contribution < -0.4 is 15.5 Å². The van der Waals surface area contributed by atoms with Gasteiger partial charge in [0.2, 0.25) is 0 Å². The van der Waals surface area contributed by atoms with Gasteiger partial charge in [0, 0.05) is 55.7 Å². The molecule has 1 fully saturated rings. The highest BCUT2D eigenvalue weighted by Crippen LogP contribution is 2.34. The number of hydrogen-bond acceptors (Lipinski definition) is 6. The van der Waals surface area contributed by atoms with Gasteiger partial charge < -0.3 is 25.2 Å². The minimum Gasteiger partial charge on any atom is -0.390 e. The van der Waals surface area contributed by atoms with Gasteiger partial charge in [0.05, 0.1) is 29.4 Å². The maximum Gasteiger partial charge on any atom is 0.255 e. The third kappa shape index (κ3) is 4.06. The third-order valence-electron chi connectivity index (χ3n) is 6.85. The van der Waals surface area contributed by atoms with Crippen molar-refractivity contribution in [2.75, 3.05) is 23.3 Å². The summed E-state index contributed by atoms with van der Waals surface area (Å²) in [5.41, 5.74) is 4.70. The second-order valence-electron chi connectivity index (χ2n) is 9.56. The zero-order valence-corrected chi connectivity index (χ0v) is 19.3. The third-order valence-corrected chi connectivity index (χ3v) is 6.85. The number of pyridine rings is 1. The van der Waals surface area contributed by atoms with Crippen molar-refractivity contribution in [1.29, 1.82) is 0 Å². The van der Waals surface area contributed by atoms with Crippen LogP contribution in [0.4, 0.5) is 17.2 Å². The van der Waals surface area contributed by atoms with Crippen molar-refractivity contribution in [1.82, 2.24) is 19.9 Å². The number of aliphatic hydroxyl groups is 1. The standard InChI is InChI=1S/C25H30N6O2/c1-25(2,33)16-5-4-10-31(14-16)18-8-6-17(7-9-18)29-23-22-20(12-28-24(22)32)19(11-27-23)21-13-26-15-30(21)3/h6-9,11,13,15-16,33H,4-5,10,12,14H2,1-3H3,(H,27,29)(H,28,32). The lowest BCUT2D eigenvalue weighted by atomic mass is 9.84. The number of carbonyl (C=O) groups is 1. The number of aromatic nitrogens is 3. The molecule has 3 aromatic rings. The van der Waals surface area contributed by atoms with E-state index in [2.05, 4.69) is 37.6 Å². The lowest BCUT2D eigenvalue weighted by Gasteiger charge is -2.39. The second-order valence-corrected chi connectivity index (χ2v) is 9.56. The molecule has 0 radical (unpaired) electrons. The topological polar surface area (TPSA) is 95.3 Å². The van der Waals surface area contributed by atoms with Crippen molar-refractivity contribution >= 4 is 23.1 Å². The summed E-state index contributed by atoms with van der Waals surface area (Å²) in [6.45, 7) is 6.11. The number of aryl methyl sites for hydroxylation is 1. The van der Waals surface area contributed by atoms with Crippen molar-refractivity contribution in [3.8, 4) is 11.3 Å². The normalized spacial score (nSPS) is 18.2. The average Bonchev–Trinajstić information content (AvgIpc) is 3.40. The molecule has 5 rings (SSSR count). The largest absolute Gasteiger partial charge is 0.390 e. The van der Waals surface area contributed by atoms with Crippen molar-refractivity contribution in [3.05, 3.63) is 54.1 Å². The maximum atomic E-state index is 12.6. The smallest absolute Gasteiger partial charge is 0.255 e. The van der Waals surface area contributed by atoms with E-state index in [-0.39, 0.29) is 11.8 Å². The first-order chi connectivity index (χ1) is 15.8. The minimum absolute atomic E-state index is 0.119. The molecule has 1 atom stereocenters. The SMILES string of the molecule is Cn1cncc1-c1cnc(Nc2ccc(N3CCCC(C(C)(C)O)C3)cc2)c2c1CNC2=O. The van der Waals surface area contributed by atoms with E-state index < -0.39 is 5.60 Å². The number of anilines is 3. The molecule has 3 N–H and O–H groups in total. The molecule has 8 nitrogen and oxygen atoms in total. The van der Waals surface area contributed by atoms with Gasteiger partial charge >= 0.3 is 0 Å². The maximum absolute atomic E-state index is 12.6. The first kappa shape index (κ1) is 21.5. The molecule has 2 aliphatic rings. The molecule has 1 unspecified atom stereocenters. The lowest BCUT2D eigenvalue weighted by Crippen LogP contribution is -2.44. The predicted molar refractivity (Wildman–Crippen MR) is 129 cm³/mol. The monoisotopic (exact) mass is 446 g/mol. The molecular formula is C25H30N6O2. The average molecular weight is 447 g/mol. The molecule has 0 saturated carbocycles. The number of benzene rings is 1. The fraction of sp³-hybridized carbons (Fsp3) is 0.400. The van der Waals surface area contributed by atoms with Crippen molar-refractivity contribution in [3.63, 3.8) is 0 Å². The number of amides is 1. The summed E-state index contributed by atoms with van der Waals surface area (Å²) in [4.78, 5) is 23.7. The molecule has 0 aliphatic carbocycles. The molecule has 0 spiro atoms. The molecule has 1 aromatic carbocycles. The summed E-state index contributed by atoms with van der Waals surface area (Å²) in [6, 6.07) is 8.19. The van der Waals surface area contributed by atoms with Crippen LogP contribution >= 0.6 is 0 Å². The summed E-state index contributed by atoms with van der Waals surface area (Å²) in [5, 5.41) is 16.7. The zero-order valence-electron chi connectivity index (χ0n) is 19.3. The van der Waals surface area contributed by atoms with E-state index in [4.69, 9.17) is 0 Å². The predicted octanol–water partition coefficient (Wildman–Crippen LogP) is 3.46. The fourth-order valence-corrected chi connectivity index (χ4v) is 4.85. The molecule has 2 aliphatic heterocycles. The van der Waals surface area contributed by atoms with E-state index in [9.17, 15) is 9.90 Å². The highest BCUT2D eigenvalue weighted by atomic mass is 16.3. The number of hydrogen-bond donors (Lipinski definition) is 3. The molecular weight excluding hydrogens is 416 g/mol. The molecule has 0 bridgehead atoms. The molecule has 33 heavy (non-hydrogen) atoms. The van der Waals surface area contributed by atoms with E-state index in [1.807, 2.05) is 37.6 Å². The van der Waals surface area contributed by atoms with Gasteiger partial charge in [-0.15, -0.1) is 0 Å². The van der Waals surface area contributed by atoms with E-state index in [1.54, 1.807) is 18.7 Å². The quantitative estimate of drug-likeness (QED) is 0.556. The van der Waals surface area contributed by atoms with E-state index >= 15 is 0 Å². The number of imidazole rings is 1. The number of fused-ring (bicyclic) bond motifs is 1. The van der Waals surface area contributed by atoms with Crippen molar-refractivity contribution < 1.29 is 9.90 Å². The van der Waals surface area contributed by atoms with Gasteiger partial charge in [-0.25, -0.2) is 9.97 Å². The van der Waals surface area contributed by atoms with Crippen molar-refractivity contribution in [2.45, 2.75) is 38.8 Å². The molecule has 1 saturated heterocycles. The first-order valence-corrected chi connectivity index (χ1v) is 11.4. The van der Waals surface area contributed by atoms with E-state index in [0.717, 1.165) is 54.1 Å². The van der Waals surface area contributed by atoms with E-state index in [1.165, 1.54) is 0 Å². The summed E-state index contributed by atoms with van der Waals surface area (Å²) in [5.74, 6) is 0.692. The Hall–Kier alpha value is -3.39. The molecule has 2 aromatic heterocycles. The van der Waals surface area contributed by atoms with Crippen LogP contribution in [0, 0.1) is 5.92 Å². The van der Waals surface area contributed by atoms with Crippen LogP contribution in [0.25, 0.3) is 11.3 Å². The van der Waals surface area contributed by atoms with Gasteiger partial charge in [0.25, 0.3) is 5.91 Å². The van der Waals surface area contributed by atoms with Crippen LogP contribution in [-0.2, 0) is 13.6 Å². The Balaban J connectivity index is 1.38. The van der Waals surface area contributed by atoms with Crippen LogP contribution in [0.2, 0.25) is 0 Å². The summed E-state index contributed by atoms with van der Waals surface area (Å²) in [7, 11) is 1.93. The highest BCUT2D eigenvalue weighted by molar-refractivity contribution is 6.05. The second kappa shape index (κ2) is 8.19. The Morgan fingerprint density at radius 3 is 2.70 bits per heavy atom. The Labute approximate surface area is 193 Å². The van der Waals surface area contributed by atoms with Gasteiger partial charge in [-0.1, -0.05) is 0 Å². The fourth-order valence-electron chi connectivity index (χ4n) is 4.85. The Kier molecular flexibility index (Phi) is 5.32. The van der Waals surface area contributed by atoms with Crippen LogP contribution in [0.3, 0.4) is 0 Å². The molecule has 172 valence electrons. The van der Waals surface area contributed by atoms with Gasteiger partial charge in [-0.05, 0) is 56.5 Å². The van der Waals surface area contributed by atoms with E-state index in [0.29, 0.717) is 17.9 Å². The Morgan fingerprint density at radius 2 is 2.00 bits per heavy atom. The summed E-state index contributed by atoms with van der Waals surface area (Å²) < 4.78 is 1.93. The number of rotatable bonds is 5. The zero-order chi connectivity index (χ0) is 23.2. The van der Waals surface area contributed by atoms with Crippen LogP contribution in [0.15, 0.2) is 43.0 Å². The first-order valence-electron chi connectivity index (χ1n) is 11.4. The lowest BCUT2D eigenvalue weighted by molar-refractivity contribution is 0.0110. The number of nitrogens with one attached hydrogen (secondary N) is 2. The minimum atomic E-state index is -0.672. The van der Waals surface area contributed by atoms with Gasteiger partial charge in [0.15, 0.2) is 0 Å². The Morgan fingerprint density at radius 1 is 1.21 bits per heavy atom. The summed E-state index contributed by atoms with van der Waals surface area (Å²) in [6.07, 6.45) is 7.45. The molecule has 4 heterocycles. The molecule has 1 amide bonds. The number of nitrogens with zero attached hydrogens (tertiary/aromatic N) is 4. The number of carbonyl (C=O) groups excluding carboxylic acids is 1. The number of piperidine rings is 1. The van der Waals surface area contributed by atoms with Crippen LogP contribution in [0.5, 0.6) is 0 Å².